The molecule has 0 aliphatic carbocycles. The SMILES string of the molecule is CC(=O)CC(=O)O.CCC(=O)CC(=O)[O-].CCC(=O)CC(=O)[O-].CCC(=O)CC(=O)[O-].CCC(=O)CC(=O)[O-].OCCCO.[Ti+4]. The molecule has 0 aromatic rings. The minimum atomic E-state index is -1.29. The molecular weight excluding hydrogens is 644 g/mol. The molecule has 45 heavy (non-hydrogen) atoms. The van der Waals surface area contributed by atoms with Crippen molar-refractivity contribution in [3.05, 3.63) is 0 Å². The van der Waals surface area contributed by atoms with E-state index in [1.54, 1.807) is 27.7 Å². The molecule has 0 aromatic heterocycles. The normalized spacial score (nSPS) is 8.33. The van der Waals surface area contributed by atoms with Crippen molar-refractivity contribution in [1.29, 1.82) is 0 Å². The van der Waals surface area contributed by atoms with Crippen LogP contribution in [0, 0.1) is 0 Å². The van der Waals surface area contributed by atoms with Gasteiger partial charge in [0.15, 0.2) is 0 Å². The Bertz CT molecular complexity index is 772. The van der Waals surface area contributed by atoms with E-state index in [2.05, 4.69) is 0 Å². The van der Waals surface area contributed by atoms with Crippen LogP contribution in [-0.4, -0.2) is 87.3 Å². The maximum absolute atomic E-state index is 10.2. The van der Waals surface area contributed by atoms with Crippen LogP contribution in [-0.2, 0) is 69.7 Å². The summed E-state index contributed by atoms with van der Waals surface area (Å²) >= 11 is 0. The molecule has 0 heterocycles. The minimum Gasteiger partial charge on any atom is -0.550 e. The van der Waals surface area contributed by atoms with Gasteiger partial charge in [-0.3, -0.25) is 28.8 Å². The molecule has 0 saturated heterocycles. The van der Waals surface area contributed by atoms with Crippen molar-refractivity contribution in [3.8, 4) is 0 Å². The Hall–Kier alpha value is -3.67. The van der Waals surface area contributed by atoms with Crippen LogP contribution in [0.25, 0.3) is 0 Å². The van der Waals surface area contributed by atoms with Crippen LogP contribution in [0.2, 0.25) is 0 Å². The molecule has 0 atom stereocenters. The summed E-state index contributed by atoms with van der Waals surface area (Å²) < 4.78 is 0. The molecule has 0 saturated carbocycles. The average Bonchev–Trinajstić information content (AvgIpc) is 2.88. The van der Waals surface area contributed by atoms with Gasteiger partial charge in [0.05, 0.1) is 0 Å². The second kappa shape index (κ2) is 42.5. The molecule has 256 valence electrons. The Labute approximate surface area is 275 Å². The number of ketones is 5. The van der Waals surface area contributed by atoms with Gasteiger partial charge in [-0.1, -0.05) is 27.7 Å². The smallest absolute Gasteiger partial charge is 0.550 e. The number of carboxylic acid groups (broad SMARTS) is 5. The number of carbonyl (C=O) groups is 10. The van der Waals surface area contributed by atoms with Crippen molar-refractivity contribution in [1.82, 2.24) is 0 Å². The zero-order valence-electron chi connectivity index (χ0n) is 26.0. The summed E-state index contributed by atoms with van der Waals surface area (Å²) in [4.78, 5) is 98.8. The Balaban J connectivity index is -0.0000000771. The Kier molecular flexibility index (Phi) is 53.8. The van der Waals surface area contributed by atoms with Gasteiger partial charge in [-0.15, -0.1) is 0 Å². The van der Waals surface area contributed by atoms with Crippen LogP contribution >= 0.6 is 0 Å². The molecule has 0 aliphatic heterocycles. The Morgan fingerprint density at radius 1 is 0.467 bits per heavy atom. The van der Waals surface area contributed by atoms with E-state index in [4.69, 9.17) is 15.3 Å². The fraction of sp³-hybridized carbons (Fsp3) is 0.630. The molecule has 0 rings (SSSR count). The van der Waals surface area contributed by atoms with E-state index >= 15 is 0 Å². The molecule has 0 radical (unpaired) electrons. The number of hydrogen-bond acceptors (Lipinski definition) is 16. The quantitative estimate of drug-likeness (QED) is 0.102. The number of aliphatic hydroxyl groups is 2. The molecule has 18 heteroatoms. The fourth-order valence-electron chi connectivity index (χ4n) is 1.43. The molecule has 0 fully saturated rings. The number of carbonyl (C=O) groups excluding carboxylic acids is 9. The van der Waals surface area contributed by atoms with Crippen molar-refractivity contribution >= 4 is 58.8 Å². The molecule has 0 unspecified atom stereocenters. The standard InChI is InChI=1S/4C5H8O3.C4H6O3.C3H8O2.Ti/c4*1-2-4(6)3-5(7)8;1-3(5)2-4(6)7;4-2-1-3-5;/h4*2-3H2,1H3,(H,7,8);2H2,1H3,(H,6,7);4-5H,1-3H2;/q;;;;;;+4/p-4. The maximum Gasteiger partial charge on any atom is 4.00 e. The first-order valence-electron chi connectivity index (χ1n) is 13.0. The van der Waals surface area contributed by atoms with E-state index in [9.17, 15) is 68.4 Å². The summed E-state index contributed by atoms with van der Waals surface area (Å²) in [6, 6.07) is 0. The van der Waals surface area contributed by atoms with E-state index in [0.717, 1.165) is 0 Å². The zero-order valence-corrected chi connectivity index (χ0v) is 27.6. The number of aliphatic hydroxyl groups excluding tert-OH is 2. The third kappa shape index (κ3) is 85.5. The first kappa shape index (κ1) is 57.0. The fourth-order valence-corrected chi connectivity index (χ4v) is 1.43. The molecular formula is C27H42O17Ti. The van der Waals surface area contributed by atoms with Gasteiger partial charge in [0.1, 0.15) is 35.3 Å². The van der Waals surface area contributed by atoms with E-state index in [0.29, 0.717) is 6.42 Å². The summed E-state index contributed by atoms with van der Waals surface area (Å²) in [5.74, 6) is -7.70. The van der Waals surface area contributed by atoms with Gasteiger partial charge >= 0.3 is 27.7 Å². The monoisotopic (exact) mass is 686 g/mol. The number of rotatable bonds is 16. The molecule has 17 nitrogen and oxygen atoms in total. The van der Waals surface area contributed by atoms with Crippen LogP contribution in [0.3, 0.4) is 0 Å². The number of carboxylic acids is 5. The van der Waals surface area contributed by atoms with Gasteiger partial charge in [-0.05, 0) is 13.3 Å². The van der Waals surface area contributed by atoms with Gasteiger partial charge in [0.25, 0.3) is 0 Å². The third-order valence-corrected chi connectivity index (χ3v) is 3.66. The van der Waals surface area contributed by atoms with Crippen LogP contribution in [0.15, 0.2) is 0 Å². The van der Waals surface area contributed by atoms with Crippen LogP contribution in [0.1, 0.15) is 98.8 Å². The summed E-state index contributed by atoms with van der Waals surface area (Å²) in [5, 5.41) is 62.2. The molecule has 0 bridgehead atoms. The number of hydrogen-bond donors (Lipinski definition) is 3. The predicted octanol–water partition coefficient (Wildman–Crippen LogP) is -4.17. The molecule has 0 spiro atoms. The van der Waals surface area contributed by atoms with Crippen molar-refractivity contribution in [2.45, 2.75) is 98.8 Å². The topological polar surface area (TPSA) is 324 Å². The van der Waals surface area contributed by atoms with Gasteiger partial charge in [-0.2, -0.15) is 0 Å². The zero-order chi connectivity index (χ0) is 36.3. The Morgan fingerprint density at radius 3 is 0.689 bits per heavy atom. The Morgan fingerprint density at radius 2 is 0.667 bits per heavy atom. The minimum absolute atomic E-state index is 0. The third-order valence-electron chi connectivity index (χ3n) is 3.66. The summed E-state index contributed by atoms with van der Waals surface area (Å²) in [5.41, 5.74) is 0. The van der Waals surface area contributed by atoms with Crippen molar-refractivity contribution < 1.29 is 105 Å². The second-order valence-electron chi connectivity index (χ2n) is 7.84. The second-order valence-corrected chi connectivity index (χ2v) is 7.84. The maximum atomic E-state index is 10.2. The number of Topliss-reactive ketones (excluding diaryl/α,β-unsaturated/α-hetero) is 5. The predicted molar refractivity (Wildman–Crippen MR) is 141 cm³/mol. The summed E-state index contributed by atoms with van der Waals surface area (Å²) in [7, 11) is 0. The van der Waals surface area contributed by atoms with E-state index in [1.807, 2.05) is 0 Å². The average molecular weight is 686 g/mol. The summed E-state index contributed by atoms with van der Waals surface area (Å²) in [6.07, 6.45) is -0.566. The molecule has 3 N–H and O–H groups in total. The van der Waals surface area contributed by atoms with E-state index in [-0.39, 0.29) is 96.0 Å². The van der Waals surface area contributed by atoms with Crippen molar-refractivity contribution in [2.24, 2.45) is 0 Å². The number of aliphatic carboxylic acids is 5. The first-order chi connectivity index (χ1) is 20.2. The van der Waals surface area contributed by atoms with E-state index < -0.39 is 55.5 Å². The molecule has 0 aromatic carbocycles. The van der Waals surface area contributed by atoms with E-state index in [1.165, 1.54) is 6.92 Å². The van der Waals surface area contributed by atoms with Gasteiger partial charge in [0.2, 0.25) is 0 Å². The van der Waals surface area contributed by atoms with Crippen LogP contribution < -0.4 is 20.4 Å². The largest absolute Gasteiger partial charge is 4.00 e. The van der Waals surface area contributed by atoms with Crippen molar-refractivity contribution in [3.63, 3.8) is 0 Å². The van der Waals surface area contributed by atoms with Gasteiger partial charge < -0.3 is 54.9 Å². The summed E-state index contributed by atoms with van der Waals surface area (Å²) in [6.45, 7) is 7.90. The van der Waals surface area contributed by atoms with Crippen molar-refractivity contribution in [2.75, 3.05) is 13.2 Å². The van der Waals surface area contributed by atoms with Gasteiger partial charge in [0, 0.05) is 88.5 Å². The molecule has 0 amide bonds. The van der Waals surface area contributed by atoms with Crippen LogP contribution in [0.5, 0.6) is 0 Å². The first-order valence-corrected chi connectivity index (χ1v) is 13.0. The molecule has 0 aliphatic rings. The van der Waals surface area contributed by atoms with Crippen LogP contribution in [0.4, 0.5) is 0 Å². The van der Waals surface area contributed by atoms with Gasteiger partial charge in [-0.25, -0.2) is 0 Å².